The molecule has 0 fully saturated rings. The van der Waals surface area contributed by atoms with E-state index in [-0.39, 0.29) is 11.9 Å². The van der Waals surface area contributed by atoms with Crippen molar-refractivity contribution >= 4 is 5.69 Å². The van der Waals surface area contributed by atoms with Gasteiger partial charge in [0.05, 0.1) is 6.54 Å². The van der Waals surface area contributed by atoms with Gasteiger partial charge in [0.2, 0.25) is 0 Å². The maximum Gasteiger partial charge on any atom is 0.123 e. The predicted octanol–water partition coefficient (Wildman–Crippen LogP) is 1.91. The molecule has 1 rings (SSSR count). The van der Waals surface area contributed by atoms with Crippen LogP contribution in [0.1, 0.15) is 18.5 Å². The molecule has 1 atom stereocenters. The van der Waals surface area contributed by atoms with Gasteiger partial charge in [-0.3, -0.25) is 0 Å². The first kappa shape index (κ1) is 11.5. The standard InChI is InChI=1S/C12H15FN2/c1-4-7-15(3)12-6-5-10(13)8-11(12)9(2)14/h1,5-6,8-9H,7,14H2,2-3H3. The Bertz CT molecular complexity index is 380. The normalized spacial score (nSPS) is 11.9. The molecule has 0 heterocycles. The average Bonchev–Trinajstić information content (AvgIpc) is 2.17. The molecule has 0 saturated heterocycles. The fourth-order valence-electron chi connectivity index (χ4n) is 1.46. The second kappa shape index (κ2) is 4.81. The average molecular weight is 206 g/mol. The SMILES string of the molecule is C#CCN(C)c1ccc(F)cc1C(C)N. The number of halogens is 1. The zero-order valence-electron chi connectivity index (χ0n) is 9.00. The lowest BCUT2D eigenvalue weighted by atomic mass is 10.1. The molecule has 0 bridgehead atoms. The maximum absolute atomic E-state index is 13.0. The molecule has 0 aliphatic rings. The van der Waals surface area contributed by atoms with Crippen molar-refractivity contribution in [3.8, 4) is 12.3 Å². The molecule has 0 aromatic heterocycles. The fraction of sp³-hybridized carbons (Fsp3) is 0.333. The van der Waals surface area contributed by atoms with Gasteiger partial charge in [0.15, 0.2) is 0 Å². The van der Waals surface area contributed by atoms with Gasteiger partial charge in [0, 0.05) is 18.8 Å². The van der Waals surface area contributed by atoms with Crippen molar-refractivity contribution in [2.24, 2.45) is 5.73 Å². The van der Waals surface area contributed by atoms with Crippen molar-refractivity contribution in [3.63, 3.8) is 0 Å². The highest BCUT2D eigenvalue weighted by molar-refractivity contribution is 5.55. The van der Waals surface area contributed by atoms with Crippen molar-refractivity contribution in [1.29, 1.82) is 0 Å². The van der Waals surface area contributed by atoms with Crippen LogP contribution < -0.4 is 10.6 Å². The van der Waals surface area contributed by atoms with Crippen molar-refractivity contribution < 1.29 is 4.39 Å². The topological polar surface area (TPSA) is 29.3 Å². The van der Waals surface area contributed by atoms with E-state index < -0.39 is 0 Å². The summed E-state index contributed by atoms with van der Waals surface area (Å²) in [5.74, 6) is 2.26. The lowest BCUT2D eigenvalue weighted by Gasteiger charge is -2.21. The minimum Gasteiger partial charge on any atom is -0.363 e. The number of nitrogens with zero attached hydrogens (tertiary/aromatic N) is 1. The number of hydrogen-bond acceptors (Lipinski definition) is 2. The van der Waals surface area contributed by atoms with Crippen LogP contribution in [0, 0.1) is 18.2 Å². The Morgan fingerprint density at radius 2 is 2.27 bits per heavy atom. The maximum atomic E-state index is 13.0. The van der Waals surface area contributed by atoms with E-state index >= 15 is 0 Å². The first-order valence-electron chi connectivity index (χ1n) is 4.76. The van der Waals surface area contributed by atoms with Crippen molar-refractivity contribution in [2.75, 3.05) is 18.5 Å². The molecule has 0 aliphatic heterocycles. The van der Waals surface area contributed by atoms with Crippen LogP contribution in [-0.2, 0) is 0 Å². The smallest absolute Gasteiger partial charge is 0.123 e. The number of terminal acetylenes is 1. The molecule has 1 aromatic carbocycles. The highest BCUT2D eigenvalue weighted by Crippen LogP contribution is 2.25. The summed E-state index contributed by atoms with van der Waals surface area (Å²) in [6.07, 6.45) is 5.23. The Morgan fingerprint density at radius 1 is 1.60 bits per heavy atom. The Labute approximate surface area is 89.9 Å². The van der Waals surface area contributed by atoms with E-state index in [0.29, 0.717) is 6.54 Å². The van der Waals surface area contributed by atoms with Gasteiger partial charge in [0.1, 0.15) is 5.82 Å². The third kappa shape index (κ3) is 2.71. The molecule has 80 valence electrons. The van der Waals surface area contributed by atoms with Gasteiger partial charge >= 0.3 is 0 Å². The van der Waals surface area contributed by atoms with Crippen LogP contribution in [0.5, 0.6) is 0 Å². The van der Waals surface area contributed by atoms with E-state index in [0.717, 1.165) is 11.3 Å². The van der Waals surface area contributed by atoms with Crippen LogP contribution >= 0.6 is 0 Å². The summed E-state index contributed by atoms with van der Waals surface area (Å²) in [7, 11) is 1.86. The second-order valence-electron chi connectivity index (χ2n) is 3.55. The van der Waals surface area contributed by atoms with Gasteiger partial charge in [-0.25, -0.2) is 4.39 Å². The van der Waals surface area contributed by atoms with E-state index in [9.17, 15) is 4.39 Å². The second-order valence-corrected chi connectivity index (χ2v) is 3.55. The predicted molar refractivity (Wildman–Crippen MR) is 61.1 cm³/mol. The van der Waals surface area contributed by atoms with Crippen LogP contribution in [-0.4, -0.2) is 13.6 Å². The Morgan fingerprint density at radius 3 is 2.80 bits per heavy atom. The molecule has 3 heteroatoms. The summed E-state index contributed by atoms with van der Waals surface area (Å²) in [6, 6.07) is 4.35. The third-order valence-corrected chi connectivity index (χ3v) is 2.22. The largest absolute Gasteiger partial charge is 0.363 e. The van der Waals surface area contributed by atoms with Gasteiger partial charge in [-0.05, 0) is 30.7 Å². The first-order valence-corrected chi connectivity index (χ1v) is 4.76. The Balaban J connectivity index is 3.12. The number of anilines is 1. The molecular weight excluding hydrogens is 191 g/mol. The minimum absolute atomic E-state index is 0.212. The summed E-state index contributed by atoms with van der Waals surface area (Å²) >= 11 is 0. The van der Waals surface area contributed by atoms with Crippen LogP contribution in [0.3, 0.4) is 0 Å². The van der Waals surface area contributed by atoms with E-state index in [4.69, 9.17) is 12.2 Å². The number of hydrogen-bond donors (Lipinski definition) is 1. The summed E-state index contributed by atoms with van der Waals surface area (Å²) in [5.41, 5.74) is 7.42. The first-order chi connectivity index (χ1) is 7.06. The van der Waals surface area contributed by atoms with Gasteiger partial charge in [-0.1, -0.05) is 5.92 Å². The molecule has 1 aromatic rings. The monoisotopic (exact) mass is 206 g/mol. The quantitative estimate of drug-likeness (QED) is 0.765. The van der Waals surface area contributed by atoms with Crippen molar-refractivity contribution in [1.82, 2.24) is 0 Å². The molecular formula is C12H15FN2. The molecule has 0 radical (unpaired) electrons. The molecule has 1 unspecified atom stereocenters. The van der Waals surface area contributed by atoms with Gasteiger partial charge in [-0.2, -0.15) is 0 Å². The van der Waals surface area contributed by atoms with E-state index in [1.807, 2.05) is 18.9 Å². The number of nitrogens with two attached hydrogens (primary N) is 1. The minimum atomic E-state index is -0.278. The highest BCUT2D eigenvalue weighted by Gasteiger charge is 2.11. The van der Waals surface area contributed by atoms with Crippen molar-refractivity contribution in [3.05, 3.63) is 29.6 Å². The highest BCUT2D eigenvalue weighted by atomic mass is 19.1. The number of rotatable bonds is 3. The zero-order chi connectivity index (χ0) is 11.4. The van der Waals surface area contributed by atoms with Gasteiger partial charge in [0.25, 0.3) is 0 Å². The lowest BCUT2D eigenvalue weighted by molar-refractivity contribution is 0.622. The summed E-state index contributed by atoms with van der Waals surface area (Å²) < 4.78 is 13.0. The summed E-state index contributed by atoms with van der Waals surface area (Å²) in [6.45, 7) is 2.30. The molecule has 0 aliphatic carbocycles. The van der Waals surface area contributed by atoms with Crippen molar-refractivity contribution in [2.45, 2.75) is 13.0 Å². The molecule has 0 saturated carbocycles. The van der Waals surface area contributed by atoms with E-state index in [1.54, 1.807) is 6.07 Å². The molecule has 0 spiro atoms. The third-order valence-electron chi connectivity index (χ3n) is 2.22. The molecule has 0 amide bonds. The van der Waals surface area contributed by atoms with Gasteiger partial charge in [-0.15, -0.1) is 6.42 Å². The Kier molecular flexibility index (Phi) is 3.70. The summed E-state index contributed by atoms with van der Waals surface area (Å²) in [4.78, 5) is 1.87. The summed E-state index contributed by atoms with van der Waals surface area (Å²) in [5, 5.41) is 0. The van der Waals surface area contributed by atoms with Crippen LogP contribution in [0.4, 0.5) is 10.1 Å². The van der Waals surface area contributed by atoms with Crippen LogP contribution in [0.15, 0.2) is 18.2 Å². The zero-order valence-corrected chi connectivity index (χ0v) is 9.00. The van der Waals surface area contributed by atoms with E-state index in [1.165, 1.54) is 12.1 Å². The van der Waals surface area contributed by atoms with E-state index in [2.05, 4.69) is 5.92 Å². The fourth-order valence-corrected chi connectivity index (χ4v) is 1.46. The van der Waals surface area contributed by atoms with Gasteiger partial charge < -0.3 is 10.6 Å². The van der Waals surface area contributed by atoms with Crippen LogP contribution in [0.2, 0.25) is 0 Å². The molecule has 2 nitrogen and oxygen atoms in total. The van der Waals surface area contributed by atoms with Crippen LogP contribution in [0.25, 0.3) is 0 Å². The number of benzene rings is 1. The molecule has 15 heavy (non-hydrogen) atoms. The molecule has 2 N–H and O–H groups in total. The Hall–Kier alpha value is -1.53. The lowest BCUT2D eigenvalue weighted by Crippen LogP contribution is -2.20.